The number of carbonyl (C=O) groups is 2. The lowest BCUT2D eigenvalue weighted by molar-refractivity contribution is -0.141. The van der Waals surface area contributed by atoms with Crippen LogP contribution in [-0.4, -0.2) is 18.9 Å². The van der Waals surface area contributed by atoms with Gasteiger partial charge in [-0.05, 0) is 24.7 Å². The van der Waals surface area contributed by atoms with E-state index in [1.807, 2.05) is 0 Å². The Morgan fingerprint density at radius 3 is 2.80 bits per heavy atom. The van der Waals surface area contributed by atoms with Gasteiger partial charge in [-0.25, -0.2) is 0 Å². The first-order chi connectivity index (χ1) is 7.24. The number of rotatable bonds is 8. The second-order valence-electron chi connectivity index (χ2n) is 4.35. The first-order valence-corrected chi connectivity index (χ1v) is 5.81. The van der Waals surface area contributed by atoms with Gasteiger partial charge in [-0.3, -0.25) is 4.79 Å². The first-order valence-electron chi connectivity index (χ1n) is 5.81. The molecular weight excluding hydrogens is 192 g/mol. The van der Waals surface area contributed by atoms with Gasteiger partial charge in [-0.2, -0.15) is 0 Å². The van der Waals surface area contributed by atoms with Gasteiger partial charge in [0.15, 0.2) is 0 Å². The molecule has 2 atom stereocenters. The maximum Gasteiger partial charge on any atom is 0.302 e. The van der Waals surface area contributed by atoms with E-state index in [2.05, 4.69) is 0 Å². The summed E-state index contributed by atoms with van der Waals surface area (Å²) in [6.45, 7) is 1.99. The quantitative estimate of drug-likeness (QED) is 0.352. The number of unbranched alkanes of at least 4 members (excludes halogenated alkanes) is 2. The largest absolute Gasteiger partial charge is 0.466 e. The average Bonchev–Trinajstić information content (AvgIpc) is 2.90. The summed E-state index contributed by atoms with van der Waals surface area (Å²) in [5.74, 6) is 1.28. The summed E-state index contributed by atoms with van der Waals surface area (Å²) in [4.78, 5) is 20.7. The summed E-state index contributed by atoms with van der Waals surface area (Å²) in [6, 6.07) is 0. The van der Waals surface area contributed by atoms with Gasteiger partial charge in [0, 0.05) is 13.3 Å². The highest BCUT2D eigenvalue weighted by molar-refractivity contribution is 5.65. The van der Waals surface area contributed by atoms with Gasteiger partial charge < -0.3 is 9.53 Å². The summed E-state index contributed by atoms with van der Waals surface area (Å²) >= 11 is 0. The molecule has 0 unspecified atom stereocenters. The Morgan fingerprint density at radius 1 is 1.33 bits per heavy atom. The molecule has 0 aliphatic heterocycles. The number of hydrogen-bond acceptors (Lipinski definition) is 3. The molecule has 0 aromatic carbocycles. The Labute approximate surface area is 91.2 Å². The summed E-state index contributed by atoms with van der Waals surface area (Å²) in [6.07, 6.45) is 7.54. The highest BCUT2D eigenvalue weighted by Crippen LogP contribution is 2.44. The topological polar surface area (TPSA) is 43.4 Å². The third kappa shape index (κ3) is 5.55. The number of carbonyl (C=O) groups excluding carboxylic acids is 2. The van der Waals surface area contributed by atoms with Crippen LogP contribution in [0.2, 0.25) is 0 Å². The number of esters is 1. The molecule has 0 aromatic rings. The fourth-order valence-electron chi connectivity index (χ4n) is 1.98. The summed E-state index contributed by atoms with van der Waals surface area (Å²) in [5, 5.41) is 0. The van der Waals surface area contributed by atoms with E-state index in [4.69, 9.17) is 4.74 Å². The maximum absolute atomic E-state index is 10.5. The minimum Gasteiger partial charge on any atom is -0.466 e. The molecule has 0 N–H and O–H groups in total. The van der Waals surface area contributed by atoms with Crippen molar-refractivity contribution >= 4 is 12.3 Å². The van der Waals surface area contributed by atoms with Crippen molar-refractivity contribution in [3.8, 4) is 0 Å². The number of aldehydes is 1. The van der Waals surface area contributed by atoms with E-state index in [9.17, 15) is 9.59 Å². The zero-order valence-electron chi connectivity index (χ0n) is 9.41. The van der Waals surface area contributed by atoms with Crippen LogP contribution in [0, 0.1) is 11.8 Å². The van der Waals surface area contributed by atoms with Gasteiger partial charge in [0.2, 0.25) is 0 Å². The van der Waals surface area contributed by atoms with Crippen LogP contribution in [-0.2, 0) is 14.3 Å². The van der Waals surface area contributed by atoms with E-state index in [0.717, 1.165) is 31.5 Å². The van der Waals surface area contributed by atoms with Crippen LogP contribution in [0.15, 0.2) is 0 Å². The zero-order chi connectivity index (χ0) is 11.1. The molecule has 0 heterocycles. The van der Waals surface area contributed by atoms with E-state index in [1.165, 1.54) is 26.2 Å². The minimum atomic E-state index is -0.191. The smallest absolute Gasteiger partial charge is 0.302 e. The van der Waals surface area contributed by atoms with Crippen molar-refractivity contribution in [1.29, 1.82) is 0 Å². The van der Waals surface area contributed by atoms with Crippen molar-refractivity contribution in [2.75, 3.05) is 6.61 Å². The second kappa shape index (κ2) is 6.59. The molecule has 15 heavy (non-hydrogen) atoms. The Kier molecular flexibility index (Phi) is 5.37. The third-order valence-corrected chi connectivity index (χ3v) is 2.99. The summed E-state index contributed by atoms with van der Waals surface area (Å²) < 4.78 is 4.84. The van der Waals surface area contributed by atoms with Crippen molar-refractivity contribution in [3.63, 3.8) is 0 Å². The van der Waals surface area contributed by atoms with Gasteiger partial charge in [0.1, 0.15) is 6.29 Å². The average molecular weight is 212 g/mol. The lowest BCUT2D eigenvalue weighted by Gasteiger charge is -2.01. The van der Waals surface area contributed by atoms with Crippen molar-refractivity contribution in [2.24, 2.45) is 11.8 Å². The van der Waals surface area contributed by atoms with Crippen LogP contribution in [0.4, 0.5) is 0 Å². The van der Waals surface area contributed by atoms with Crippen LogP contribution in [0.3, 0.4) is 0 Å². The van der Waals surface area contributed by atoms with E-state index >= 15 is 0 Å². The van der Waals surface area contributed by atoms with Crippen LogP contribution >= 0.6 is 0 Å². The lowest BCUT2D eigenvalue weighted by atomic mass is 10.1. The maximum atomic E-state index is 10.5. The zero-order valence-corrected chi connectivity index (χ0v) is 9.41. The standard InChI is InChI=1S/C12H20O3/c1-10(14)15-8-4-2-3-5-11-9-12(11)6-7-13/h7,11-12H,2-6,8-9H2,1H3/t11-,12+/m0/s1. The molecule has 1 aliphatic carbocycles. The molecule has 86 valence electrons. The van der Waals surface area contributed by atoms with Crippen LogP contribution in [0.1, 0.15) is 45.4 Å². The Balaban J connectivity index is 1.82. The van der Waals surface area contributed by atoms with E-state index in [-0.39, 0.29) is 5.97 Å². The van der Waals surface area contributed by atoms with Gasteiger partial charge in [-0.1, -0.05) is 19.3 Å². The van der Waals surface area contributed by atoms with Crippen molar-refractivity contribution in [1.82, 2.24) is 0 Å². The van der Waals surface area contributed by atoms with E-state index in [1.54, 1.807) is 0 Å². The Bertz CT molecular complexity index is 213. The minimum absolute atomic E-state index is 0.191. The van der Waals surface area contributed by atoms with Crippen LogP contribution in [0.5, 0.6) is 0 Å². The normalized spacial score (nSPS) is 23.5. The van der Waals surface area contributed by atoms with E-state index < -0.39 is 0 Å². The van der Waals surface area contributed by atoms with Gasteiger partial charge in [-0.15, -0.1) is 0 Å². The molecule has 0 spiro atoms. The SMILES string of the molecule is CC(=O)OCCCCC[C@H]1C[C@H]1CC=O. The third-order valence-electron chi connectivity index (χ3n) is 2.99. The Hall–Kier alpha value is -0.860. The van der Waals surface area contributed by atoms with Crippen LogP contribution < -0.4 is 0 Å². The highest BCUT2D eigenvalue weighted by Gasteiger charge is 2.35. The predicted molar refractivity (Wildman–Crippen MR) is 57.4 cm³/mol. The number of hydrogen-bond donors (Lipinski definition) is 0. The summed E-state index contributed by atoms with van der Waals surface area (Å²) in [5.41, 5.74) is 0. The van der Waals surface area contributed by atoms with Crippen LogP contribution in [0.25, 0.3) is 0 Å². The van der Waals surface area contributed by atoms with Crippen molar-refractivity contribution < 1.29 is 14.3 Å². The highest BCUT2D eigenvalue weighted by atomic mass is 16.5. The molecule has 0 saturated heterocycles. The number of ether oxygens (including phenoxy) is 1. The second-order valence-corrected chi connectivity index (χ2v) is 4.35. The molecular formula is C12H20O3. The van der Waals surface area contributed by atoms with Gasteiger partial charge in [0.25, 0.3) is 0 Å². The van der Waals surface area contributed by atoms with Crippen molar-refractivity contribution in [2.45, 2.75) is 45.4 Å². The molecule has 1 rings (SSSR count). The fourth-order valence-corrected chi connectivity index (χ4v) is 1.98. The molecule has 0 bridgehead atoms. The molecule has 0 radical (unpaired) electrons. The molecule has 0 aromatic heterocycles. The first kappa shape index (κ1) is 12.2. The monoisotopic (exact) mass is 212 g/mol. The summed E-state index contributed by atoms with van der Waals surface area (Å²) in [7, 11) is 0. The Morgan fingerprint density at radius 2 is 2.13 bits per heavy atom. The van der Waals surface area contributed by atoms with Crippen molar-refractivity contribution in [3.05, 3.63) is 0 Å². The lowest BCUT2D eigenvalue weighted by Crippen LogP contribution is -2.00. The molecule has 3 nitrogen and oxygen atoms in total. The van der Waals surface area contributed by atoms with Gasteiger partial charge in [0.05, 0.1) is 6.61 Å². The fraction of sp³-hybridized carbons (Fsp3) is 0.833. The molecule has 0 amide bonds. The molecule has 1 aliphatic rings. The van der Waals surface area contributed by atoms with E-state index in [0.29, 0.717) is 12.5 Å². The molecule has 3 heteroatoms. The molecule has 1 fully saturated rings. The molecule has 1 saturated carbocycles. The van der Waals surface area contributed by atoms with Gasteiger partial charge >= 0.3 is 5.97 Å². The predicted octanol–water partition coefficient (Wildman–Crippen LogP) is 2.33.